The molecular formula is C23H29F3N4O3. The molecular weight excluding hydrogens is 437 g/mol. The van der Waals surface area contributed by atoms with Gasteiger partial charge in [-0.05, 0) is 31.2 Å². The van der Waals surface area contributed by atoms with Crippen LogP contribution in [0.4, 0.5) is 13.2 Å². The van der Waals surface area contributed by atoms with Gasteiger partial charge in [-0.25, -0.2) is 4.99 Å². The Bertz CT molecular complexity index is 961. The van der Waals surface area contributed by atoms with Gasteiger partial charge in [0.25, 0.3) is 0 Å². The van der Waals surface area contributed by atoms with Crippen molar-refractivity contribution in [3.8, 4) is 5.75 Å². The Morgan fingerprint density at radius 3 is 2.61 bits per heavy atom. The van der Waals surface area contributed by atoms with E-state index in [0.29, 0.717) is 24.8 Å². The van der Waals surface area contributed by atoms with Gasteiger partial charge in [-0.2, -0.15) is 13.2 Å². The summed E-state index contributed by atoms with van der Waals surface area (Å²) in [6, 6.07) is 5.64. The summed E-state index contributed by atoms with van der Waals surface area (Å²) in [7, 11) is 0. The average Bonchev–Trinajstić information content (AvgIpc) is 3.55. The summed E-state index contributed by atoms with van der Waals surface area (Å²) in [5.74, 6) is -0.613. The third-order valence-corrected chi connectivity index (χ3v) is 7.10. The first-order valence-corrected chi connectivity index (χ1v) is 11.3. The van der Waals surface area contributed by atoms with E-state index >= 15 is 0 Å². The predicted molar refractivity (Wildman–Crippen MR) is 115 cm³/mol. The van der Waals surface area contributed by atoms with Crippen LogP contribution in [-0.2, 0) is 9.59 Å². The van der Waals surface area contributed by atoms with Gasteiger partial charge in [0.05, 0.1) is 18.0 Å². The van der Waals surface area contributed by atoms with Crippen LogP contribution in [0.25, 0.3) is 0 Å². The van der Waals surface area contributed by atoms with Crippen LogP contribution >= 0.6 is 0 Å². The number of guanidine groups is 1. The molecule has 1 aliphatic carbocycles. The zero-order valence-electron chi connectivity index (χ0n) is 18.7. The molecule has 1 aromatic carbocycles. The van der Waals surface area contributed by atoms with Gasteiger partial charge in [-0.15, -0.1) is 0 Å². The number of nitrogens with one attached hydrogen (secondary N) is 1. The van der Waals surface area contributed by atoms with E-state index in [2.05, 4.69) is 10.3 Å². The van der Waals surface area contributed by atoms with E-state index in [9.17, 15) is 22.8 Å². The molecule has 3 N–H and O–H groups in total. The number of rotatable bonds is 6. The fraction of sp³-hybridized carbons (Fsp3) is 0.609. The number of carbonyl (C=O) groups is 2. The first kappa shape index (κ1) is 23.4. The Balaban J connectivity index is 1.40. The number of benzene rings is 1. The Morgan fingerprint density at radius 2 is 1.97 bits per heavy atom. The lowest BCUT2D eigenvalue weighted by atomic mass is 9.88. The van der Waals surface area contributed by atoms with Crippen molar-refractivity contribution >= 4 is 17.8 Å². The lowest BCUT2D eigenvalue weighted by Crippen LogP contribution is -2.52. The maximum atomic E-state index is 13.3. The Morgan fingerprint density at radius 1 is 1.27 bits per heavy atom. The highest BCUT2D eigenvalue weighted by molar-refractivity contribution is 5.99. The van der Waals surface area contributed by atoms with Gasteiger partial charge in [-0.3, -0.25) is 14.5 Å². The number of ether oxygens (including phenoxy) is 1. The molecule has 0 unspecified atom stereocenters. The topological polar surface area (TPSA) is 97.0 Å². The molecule has 0 bridgehead atoms. The van der Waals surface area contributed by atoms with E-state index in [-0.39, 0.29) is 54.7 Å². The summed E-state index contributed by atoms with van der Waals surface area (Å²) in [4.78, 5) is 31.6. The van der Waals surface area contributed by atoms with Crippen molar-refractivity contribution in [1.29, 1.82) is 0 Å². The highest BCUT2D eigenvalue weighted by Crippen LogP contribution is 2.43. The van der Waals surface area contributed by atoms with E-state index in [1.807, 2.05) is 13.8 Å². The van der Waals surface area contributed by atoms with Crippen molar-refractivity contribution in [2.24, 2.45) is 22.6 Å². The van der Waals surface area contributed by atoms with Crippen molar-refractivity contribution in [2.45, 2.75) is 69.8 Å². The molecule has 7 nitrogen and oxygen atoms in total. The lowest BCUT2D eigenvalue weighted by Gasteiger charge is -2.36. The molecule has 0 radical (unpaired) electrons. The molecule has 2 heterocycles. The average molecular weight is 467 g/mol. The smallest absolute Gasteiger partial charge is 0.425 e. The number of hydrogen-bond acceptors (Lipinski definition) is 5. The number of amides is 2. The molecule has 1 saturated carbocycles. The van der Waals surface area contributed by atoms with Crippen LogP contribution in [0, 0.1) is 11.8 Å². The number of para-hydroxylation sites is 1. The summed E-state index contributed by atoms with van der Waals surface area (Å²) in [5.41, 5.74) is 6.15. The molecule has 2 amide bonds. The van der Waals surface area contributed by atoms with Crippen LogP contribution in [-0.4, -0.2) is 47.0 Å². The van der Waals surface area contributed by atoms with Crippen LogP contribution in [0.1, 0.15) is 57.6 Å². The van der Waals surface area contributed by atoms with Crippen LogP contribution < -0.4 is 15.8 Å². The molecule has 0 spiro atoms. The number of aliphatic imine (C=N–C) groups is 1. The van der Waals surface area contributed by atoms with Crippen molar-refractivity contribution in [1.82, 2.24) is 10.2 Å². The first-order valence-electron chi connectivity index (χ1n) is 11.3. The van der Waals surface area contributed by atoms with E-state index in [1.165, 1.54) is 11.0 Å². The van der Waals surface area contributed by atoms with Crippen molar-refractivity contribution < 1.29 is 27.5 Å². The highest BCUT2D eigenvalue weighted by atomic mass is 19.4. The number of halogens is 3. The second-order valence-electron chi connectivity index (χ2n) is 9.17. The molecule has 0 saturated heterocycles. The number of nitrogens with zero attached hydrogens (tertiary/aromatic N) is 2. The predicted octanol–water partition coefficient (Wildman–Crippen LogP) is 3.30. The minimum absolute atomic E-state index is 0.105. The van der Waals surface area contributed by atoms with Crippen molar-refractivity contribution in [2.75, 3.05) is 6.54 Å². The van der Waals surface area contributed by atoms with E-state index in [1.54, 1.807) is 18.2 Å². The molecule has 0 aromatic heterocycles. The van der Waals surface area contributed by atoms with E-state index in [0.717, 1.165) is 0 Å². The van der Waals surface area contributed by atoms with Crippen LogP contribution in [0.2, 0.25) is 0 Å². The quantitative estimate of drug-likeness (QED) is 0.672. The normalized spacial score (nSPS) is 28.5. The molecule has 4 rings (SSSR count). The minimum Gasteiger partial charge on any atom is -0.480 e. The molecule has 3 aliphatic rings. The summed E-state index contributed by atoms with van der Waals surface area (Å²) >= 11 is 0. The summed E-state index contributed by atoms with van der Waals surface area (Å²) in [6.45, 7) is 4.23. The van der Waals surface area contributed by atoms with Gasteiger partial charge in [0.2, 0.25) is 11.8 Å². The number of alkyl halides is 3. The Kier molecular flexibility index (Phi) is 6.05. The Labute approximate surface area is 190 Å². The third-order valence-electron chi connectivity index (χ3n) is 7.10. The van der Waals surface area contributed by atoms with Gasteiger partial charge in [-0.1, -0.05) is 32.0 Å². The van der Waals surface area contributed by atoms with Crippen molar-refractivity contribution in [3.05, 3.63) is 29.8 Å². The standard InChI is InChI=1S/C23H29F3N4O3/c1-3-22(4-2)11-19(31)30(21(27)29-22)12-13-9-15(13)20(32)28-16-10-18(23(24,25)26)33-17-8-6-5-7-14(16)17/h5-8,13,15-16,18H,3-4,9-12H2,1-2H3,(H2,27,29)(H,28,32)/t13-,15+,16-,18+/m1/s1. The number of nitrogens with two attached hydrogens (primary N) is 1. The third kappa shape index (κ3) is 4.65. The largest absolute Gasteiger partial charge is 0.480 e. The van der Waals surface area contributed by atoms with Gasteiger partial charge in [0.1, 0.15) is 5.75 Å². The van der Waals surface area contributed by atoms with Gasteiger partial charge in [0, 0.05) is 24.4 Å². The molecule has 1 aromatic rings. The molecule has 2 aliphatic heterocycles. The van der Waals surface area contributed by atoms with E-state index < -0.39 is 23.9 Å². The second kappa shape index (κ2) is 8.53. The molecule has 33 heavy (non-hydrogen) atoms. The number of hydrogen-bond donors (Lipinski definition) is 2. The summed E-state index contributed by atoms with van der Waals surface area (Å²) < 4.78 is 45.1. The fourth-order valence-corrected chi connectivity index (χ4v) is 4.74. The summed E-state index contributed by atoms with van der Waals surface area (Å²) in [5, 5.41) is 2.78. The van der Waals surface area contributed by atoms with Crippen LogP contribution in [0.3, 0.4) is 0 Å². The van der Waals surface area contributed by atoms with Gasteiger partial charge >= 0.3 is 6.18 Å². The zero-order chi connectivity index (χ0) is 24.0. The van der Waals surface area contributed by atoms with Crippen LogP contribution in [0.5, 0.6) is 5.75 Å². The maximum Gasteiger partial charge on any atom is 0.425 e. The summed E-state index contributed by atoms with van der Waals surface area (Å²) in [6.07, 6.45) is -4.65. The SMILES string of the molecule is CCC1(CC)CC(=O)N(C[C@H]2C[C@@H]2C(=O)N[C@@H]2C[C@@H](C(F)(F)F)Oc3ccccc32)C(N)=N1. The monoisotopic (exact) mass is 466 g/mol. The Hall–Kier alpha value is -2.78. The molecule has 4 atom stereocenters. The number of fused-ring (bicyclic) bond motifs is 1. The molecule has 1 fully saturated rings. The molecule has 10 heteroatoms. The maximum absolute atomic E-state index is 13.3. The number of carbonyl (C=O) groups excluding carboxylic acids is 2. The van der Waals surface area contributed by atoms with Crippen molar-refractivity contribution in [3.63, 3.8) is 0 Å². The molecule has 180 valence electrons. The first-order chi connectivity index (χ1) is 15.6. The van der Waals surface area contributed by atoms with Crippen LogP contribution in [0.15, 0.2) is 29.3 Å². The van der Waals surface area contributed by atoms with E-state index in [4.69, 9.17) is 10.5 Å². The van der Waals surface area contributed by atoms with Gasteiger partial charge in [0.15, 0.2) is 12.1 Å². The highest BCUT2D eigenvalue weighted by Gasteiger charge is 2.49. The fourth-order valence-electron chi connectivity index (χ4n) is 4.74. The second-order valence-corrected chi connectivity index (χ2v) is 9.17. The minimum atomic E-state index is -4.53. The lowest BCUT2D eigenvalue weighted by molar-refractivity contribution is -0.201. The zero-order valence-corrected chi connectivity index (χ0v) is 18.7. The van der Waals surface area contributed by atoms with Gasteiger partial charge < -0.3 is 15.8 Å².